The Morgan fingerprint density at radius 1 is 0.944 bits per heavy atom. The predicted molar refractivity (Wildman–Crippen MR) is 138 cm³/mol. The van der Waals surface area contributed by atoms with E-state index in [1.54, 1.807) is 17.0 Å². The van der Waals surface area contributed by atoms with E-state index in [4.69, 9.17) is 16.3 Å². The molecule has 1 aliphatic rings. The zero-order valence-corrected chi connectivity index (χ0v) is 20.8. The number of hydrogen-bond donors (Lipinski definition) is 1. The summed E-state index contributed by atoms with van der Waals surface area (Å²) in [5.41, 5.74) is 1.80. The van der Waals surface area contributed by atoms with Crippen LogP contribution in [0.2, 0.25) is 5.02 Å². The van der Waals surface area contributed by atoms with Gasteiger partial charge in [0.1, 0.15) is 17.6 Å². The molecule has 4 rings (SSSR count). The minimum Gasteiger partial charge on any atom is -0.484 e. The van der Waals surface area contributed by atoms with Crippen molar-refractivity contribution in [3.05, 3.63) is 101 Å². The zero-order valence-electron chi connectivity index (χ0n) is 20.0. The van der Waals surface area contributed by atoms with Crippen LogP contribution in [0.25, 0.3) is 0 Å². The van der Waals surface area contributed by atoms with Gasteiger partial charge < -0.3 is 15.0 Å². The van der Waals surface area contributed by atoms with E-state index in [9.17, 15) is 14.0 Å². The molecule has 3 aromatic rings. The van der Waals surface area contributed by atoms with Crippen LogP contribution in [0.5, 0.6) is 5.75 Å². The van der Waals surface area contributed by atoms with E-state index in [1.807, 2.05) is 42.5 Å². The molecule has 7 heteroatoms. The first-order valence-electron chi connectivity index (χ1n) is 12.2. The fourth-order valence-electron chi connectivity index (χ4n) is 4.47. The number of carbonyl (C=O) groups is 2. The van der Waals surface area contributed by atoms with E-state index in [0.29, 0.717) is 17.2 Å². The van der Waals surface area contributed by atoms with Crippen molar-refractivity contribution in [1.82, 2.24) is 10.2 Å². The third kappa shape index (κ3) is 7.31. The molecule has 0 spiro atoms. The van der Waals surface area contributed by atoms with Crippen LogP contribution in [0.1, 0.15) is 36.8 Å². The van der Waals surface area contributed by atoms with Gasteiger partial charge in [0.2, 0.25) is 5.91 Å². The Labute approximate surface area is 216 Å². The Kier molecular flexibility index (Phi) is 8.95. The lowest BCUT2D eigenvalue weighted by Crippen LogP contribution is -2.53. The predicted octanol–water partition coefficient (Wildman–Crippen LogP) is 5.56. The summed E-state index contributed by atoms with van der Waals surface area (Å²) < 4.78 is 18.9. The Morgan fingerprint density at radius 3 is 2.28 bits per heavy atom. The number of nitrogens with zero attached hydrogens (tertiary/aromatic N) is 1. The van der Waals surface area contributed by atoms with Crippen LogP contribution in [-0.4, -0.2) is 35.4 Å². The smallest absolute Gasteiger partial charge is 0.261 e. The largest absolute Gasteiger partial charge is 0.484 e. The van der Waals surface area contributed by atoms with E-state index in [1.165, 1.54) is 24.3 Å². The van der Waals surface area contributed by atoms with E-state index < -0.39 is 6.04 Å². The van der Waals surface area contributed by atoms with E-state index in [0.717, 1.165) is 36.8 Å². The molecule has 1 saturated carbocycles. The number of nitrogens with one attached hydrogen (secondary N) is 1. The Balaban J connectivity index is 1.59. The van der Waals surface area contributed by atoms with Gasteiger partial charge in [-0.05, 0) is 60.4 Å². The van der Waals surface area contributed by atoms with Crippen LogP contribution in [0.3, 0.4) is 0 Å². The molecule has 0 saturated heterocycles. The lowest BCUT2D eigenvalue weighted by atomic mass is 10.0. The monoisotopic (exact) mass is 508 g/mol. The highest BCUT2D eigenvalue weighted by molar-refractivity contribution is 6.30. The minimum atomic E-state index is -0.729. The first-order chi connectivity index (χ1) is 17.5. The quantitative estimate of drug-likeness (QED) is 0.390. The van der Waals surface area contributed by atoms with Gasteiger partial charge in [-0.2, -0.15) is 0 Å². The summed E-state index contributed by atoms with van der Waals surface area (Å²) >= 11 is 6.06. The fraction of sp³-hybridized carbons (Fsp3) is 0.310. The zero-order chi connectivity index (χ0) is 25.3. The number of carbonyl (C=O) groups excluding carboxylic acids is 2. The van der Waals surface area contributed by atoms with E-state index in [-0.39, 0.29) is 36.8 Å². The van der Waals surface area contributed by atoms with Crippen LogP contribution in [0.15, 0.2) is 78.9 Å². The molecule has 3 aromatic carbocycles. The van der Waals surface area contributed by atoms with Gasteiger partial charge in [0.25, 0.3) is 5.91 Å². The summed E-state index contributed by atoms with van der Waals surface area (Å²) in [5.74, 6) is -0.512. The Morgan fingerprint density at radius 2 is 1.61 bits per heavy atom. The first kappa shape index (κ1) is 25.7. The Bertz CT molecular complexity index is 1130. The highest BCUT2D eigenvalue weighted by Gasteiger charge is 2.32. The molecule has 0 aliphatic heterocycles. The maximum absolute atomic E-state index is 13.6. The van der Waals surface area contributed by atoms with Crippen molar-refractivity contribution < 1.29 is 18.7 Å². The lowest BCUT2D eigenvalue weighted by molar-refractivity contribution is -0.143. The average molecular weight is 509 g/mol. The molecule has 1 N–H and O–H groups in total. The van der Waals surface area contributed by atoms with Crippen LogP contribution in [-0.2, 0) is 22.6 Å². The van der Waals surface area contributed by atoms with Gasteiger partial charge in [0.15, 0.2) is 6.61 Å². The van der Waals surface area contributed by atoms with Crippen molar-refractivity contribution in [3.63, 3.8) is 0 Å². The third-order valence-corrected chi connectivity index (χ3v) is 6.67. The second kappa shape index (κ2) is 12.5. The molecule has 0 aromatic heterocycles. The molecule has 5 nitrogen and oxygen atoms in total. The number of amides is 2. The second-order valence-electron chi connectivity index (χ2n) is 9.09. The number of rotatable bonds is 10. The molecule has 0 radical (unpaired) electrons. The molecule has 2 amide bonds. The first-order valence-corrected chi connectivity index (χ1v) is 12.6. The summed E-state index contributed by atoms with van der Waals surface area (Å²) in [6.07, 6.45) is 4.45. The lowest BCUT2D eigenvalue weighted by Gasteiger charge is -2.32. The van der Waals surface area contributed by atoms with Crippen molar-refractivity contribution in [2.75, 3.05) is 6.61 Å². The second-order valence-corrected chi connectivity index (χ2v) is 9.52. The molecule has 36 heavy (non-hydrogen) atoms. The molecule has 0 unspecified atom stereocenters. The van der Waals surface area contributed by atoms with Crippen molar-refractivity contribution in [2.45, 2.75) is 50.7 Å². The minimum absolute atomic E-state index is 0.124. The van der Waals surface area contributed by atoms with Gasteiger partial charge in [-0.3, -0.25) is 9.59 Å². The number of ether oxygens (including phenoxy) is 1. The van der Waals surface area contributed by atoms with Gasteiger partial charge in [0.05, 0.1) is 0 Å². The van der Waals surface area contributed by atoms with Crippen LogP contribution >= 0.6 is 11.6 Å². The van der Waals surface area contributed by atoms with Crippen molar-refractivity contribution in [2.24, 2.45) is 0 Å². The SMILES string of the molecule is O=C(NC1CCCC1)[C@@H](Cc1ccccc1)N(Cc1ccc(Cl)cc1)C(=O)COc1ccc(F)cc1. The number of hydrogen-bond acceptors (Lipinski definition) is 3. The summed E-state index contributed by atoms with van der Waals surface area (Å²) in [6, 6.07) is 21.8. The molecule has 188 valence electrons. The normalized spacial score (nSPS) is 14.3. The highest BCUT2D eigenvalue weighted by Crippen LogP contribution is 2.21. The molecule has 0 bridgehead atoms. The fourth-order valence-corrected chi connectivity index (χ4v) is 4.59. The van der Waals surface area contributed by atoms with Crippen molar-refractivity contribution in [3.8, 4) is 5.75 Å². The van der Waals surface area contributed by atoms with Crippen LogP contribution in [0.4, 0.5) is 4.39 Å². The number of benzene rings is 3. The summed E-state index contributed by atoms with van der Waals surface area (Å²) in [7, 11) is 0. The molecular formula is C29H30ClFN2O3. The Hall–Kier alpha value is -3.38. The maximum Gasteiger partial charge on any atom is 0.261 e. The van der Waals surface area contributed by atoms with E-state index in [2.05, 4.69) is 5.32 Å². The summed E-state index contributed by atoms with van der Waals surface area (Å²) in [6.45, 7) is -0.0560. The average Bonchev–Trinajstić information content (AvgIpc) is 3.40. The van der Waals surface area contributed by atoms with Gasteiger partial charge in [0, 0.05) is 24.0 Å². The molecular weight excluding hydrogens is 479 g/mol. The van der Waals surface area contributed by atoms with Crippen LogP contribution in [0, 0.1) is 5.82 Å². The van der Waals surface area contributed by atoms with Gasteiger partial charge in [-0.25, -0.2) is 4.39 Å². The number of halogens is 2. The van der Waals surface area contributed by atoms with Gasteiger partial charge in [-0.1, -0.05) is 66.9 Å². The molecule has 1 fully saturated rings. The third-order valence-electron chi connectivity index (χ3n) is 6.41. The highest BCUT2D eigenvalue weighted by atomic mass is 35.5. The maximum atomic E-state index is 13.6. The van der Waals surface area contributed by atoms with Crippen LogP contribution < -0.4 is 10.1 Å². The van der Waals surface area contributed by atoms with E-state index >= 15 is 0 Å². The van der Waals surface area contributed by atoms with Gasteiger partial charge >= 0.3 is 0 Å². The standard InChI is InChI=1S/C29H30ClFN2O3/c30-23-12-10-22(11-13-23)19-33(28(34)20-36-26-16-14-24(31)15-17-26)27(18-21-6-2-1-3-7-21)29(35)32-25-8-4-5-9-25/h1-3,6-7,10-17,25,27H,4-5,8-9,18-20H2,(H,32,35)/t27-/m1/s1. The molecule has 1 aliphatic carbocycles. The summed E-state index contributed by atoms with van der Waals surface area (Å²) in [5, 5.41) is 3.77. The topological polar surface area (TPSA) is 58.6 Å². The van der Waals surface area contributed by atoms with Crippen molar-refractivity contribution >= 4 is 23.4 Å². The van der Waals surface area contributed by atoms with Crippen molar-refractivity contribution in [1.29, 1.82) is 0 Å². The molecule has 0 heterocycles. The summed E-state index contributed by atoms with van der Waals surface area (Å²) in [4.78, 5) is 28.7. The molecule has 1 atom stereocenters. The van der Waals surface area contributed by atoms with Gasteiger partial charge in [-0.15, -0.1) is 0 Å².